The predicted molar refractivity (Wildman–Crippen MR) is 91.3 cm³/mol. The number of hydrogen-bond acceptors (Lipinski definition) is 4. The fourth-order valence-electron chi connectivity index (χ4n) is 3.17. The fraction of sp³-hybridized carbons (Fsp3) is 0.389. The van der Waals surface area contributed by atoms with Gasteiger partial charge in [-0.15, -0.1) is 0 Å². The van der Waals surface area contributed by atoms with Crippen LogP contribution >= 0.6 is 0 Å². The number of piperidine rings is 1. The van der Waals surface area contributed by atoms with Crippen molar-refractivity contribution in [2.45, 2.75) is 32.2 Å². The Labute approximate surface area is 141 Å². The maximum atomic E-state index is 12.8. The average molecular weight is 326 g/mol. The minimum absolute atomic E-state index is 0.000457. The van der Waals surface area contributed by atoms with Crippen LogP contribution in [0.2, 0.25) is 0 Å². The number of amides is 1. The van der Waals surface area contributed by atoms with Crippen LogP contribution in [-0.4, -0.2) is 39.6 Å². The zero-order chi connectivity index (χ0) is 16.9. The van der Waals surface area contributed by atoms with Crippen LogP contribution in [0.25, 0.3) is 5.57 Å². The monoisotopic (exact) mass is 326 g/mol. The first kappa shape index (κ1) is 16.2. The molecule has 2 heterocycles. The lowest BCUT2D eigenvalue weighted by Gasteiger charge is -2.33. The summed E-state index contributed by atoms with van der Waals surface area (Å²) in [5, 5.41) is 6.82. The Hall–Kier alpha value is -2.63. The highest BCUT2D eigenvalue weighted by Gasteiger charge is 2.29. The maximum absolute atomic E-state index is 12.8. The topological polar surface area (TPSA) is 71.1 Å². The van der Waals surface area contributed by atoms with Crippen LogP contribution in [-0.2, 0) is 4.79 Å². The van der Waals surface area contributed by atoms with E-state index in [1.165, 1.54) is 6.33 Å². The summed E-state index contributed by atoms with van der Waals surface area (Å²) in [5.41, 5.74) is 1.82. The molecule has 3 rings (SSSR count). The SMILES string of the molecule is COc1ccccc1C(C)=CC(=O)N1CCCCC1c1ncn[nH]1. The summed E-state index contributed by atoms with van der Waals surface area (Å²) in [6.45, 7) is 2.67. The van der Waals surface area contributed by atoms with Gasteiger partial charge in [-0.1, -0.05) is 18.2 Å². The van der Waals surface area contributed by atoms with E-state index < -0.39 is 0 Å². The third-order valence-electron chi connectivity index (χ3n) is 4.41. The summed E-state index contributed by atoms with van der Waals surface area (Å²) in [7, 11) is 1.64. The zero-order valence-corrected chi connectivity index (χ0v) is 14.0. The largest absolute Gasteiger partial charge is 0.496 e. The second-order valence-electron chi connectivity index (χ2n) is 5.94. The number of H-pyrrole nitrogens is 1. The summed E-state index contributed by atoms with van der Waals surface area (Å²) in [5.74, 6) is 1.52. The van der Waals surface area contributed by atoms with Crippen molar-refractivity contribution >= 4 is 11.5 Å². The number of likely N-dealkylation sites (tertiary alicyclic amines) is 1. The lowest BCUT2D eigenvalue weighted by Crippen LogP contribution is -2.38. The van der Waals surface area contributed by atoms with Crippen LogP contribution in [0.3, 0.4) is 0 Å². The van der Waals surface area contributed by atoms with Crippen molar-refractivity contribution in [3.05, 3.63) is 48.1 Å². The first-order valence-electron chi connectivity index (χ1n) is 8.18. The van der Waals surface area contributed by atoms with Crippen molar-refractivity contribution in [2.75, 3.05) is 13.7 Å². The van der Waals surface area contributed by atoms with Gasteiger partial charge in [-0.25, -0.2) is 4.98 Å². The molecule has 0 saturated carbocycles. The second kappa shape index (κ2) is 7.29. The summed E-state index contributed by atoms with van der Waals surface area (Å²) in [4.78, 5) is 18.9. The number of methoxy groups -OCH3 is 1. The molecule has 2 aromatic rings. The molecule has 24 heavy (non-hydrogen) atoms. The summed E-state index contributed by atoms with van der Waals surface area (Å²) >= 11 is 0. The number of benzene rings is 1. The number of nitrogens with zero attached hydrogens (tertiary/aromatic N) is 3. The van der Waals surface area contributed by atoms with Gasteiger partial charge >= 0.3 is 0 Å². The van der Waals surface area contributed by atoms with Gasteiger partial charge in [0.25, 0.3) is 0 Å². The molecule has 0 aliphatic carbocycles. The molecule has 1 saturated heterocycles. The highest BCUT2D eigenvalue weighted by atomic mass is 16.5. The molecule has 0 spiro atoms. The molecule has 1 fully saturated rings. The van der Waals surface area contributed by atoms with Crippen molar-refractivity contribution in [1.82, 2.24) is 20.1 Å². The normalized spacial score (nSPS) is 18.5. The molecule has 1 unspecified atom stereocenters. The van der Waals surface area contributed by atoms with E-state index in [-0.39, 0.29) is 11.9 Å². The molecule has 1 aromatic heterocycles. The molecule has 1 N–H and O–H groups in total. The number of carbonyl (C=O) groups is 1. The van der Waals surface area contributed by atoms with Crippen molar-refractivity contribution in [1.29, 1.82) is 0 Å². The average Bonchev–Trinajstić information content (AvgIpc) is 3.16. The first-order chi connectivity index (χ1) is 11.7. The van der Waals surface area contributed by atoms with Crippen LogP contribution < -0.4 is 4.74 Å². The van der Waals surface area contributed by atoms with Crippen molar-refractivity contribution in [3.8, 4) is 5.75 Å². The third-order valence-corrected chi connectivity index (χ3v) is 4.41. The molecule has 0 radical (unpaired) electrons. The van der Waals surface area contributed by atoms with Crippen molar-refractivity contribution in [3.63, 3.8) is 0 Å². The van der Waals surface area contributed by atoms with Crippen LogP contribution in [0.4, 0.5) is 0 Å². The molecule has 6 heteroatoms. The van der Waals surface area contributed by atoms with Crippen LogP contribution in [0.15, 0.2) is 36.7 Å². The number of hydrogen-bond donors (Lipinski definition) is 1. The highest BCUT2D eigenvalue weighted by Crippen LogP contribution is 2.30. The van der Waals surface area contributed by atoms with Gasteiger partial charge in [-0.05, 0) is 37.8 Å². The minimum atomic E-state index is -0.0320. The van der Waals surface area contributed by atoms with Gasteiger partial charge < -0.3 is 9.64 Å². The molecule has 1 aliphatic rings. The van der Waals surface area contributed by atoms with Gasteiger partial charge in [0.05, 0.1) is 13.2 Å². The van der Waals surface area contributed by atoms with E-state index in [2.05, 4.69) is 15.2 Å². The van der Waals surface area contributed by atoms with E-state index in [1.54, 1.807) is 13.2 Å². The predicted octanol–water partition coefficient (Wildman–Crippen LogP) is 2.97. The number of rotatable bonds is 4. The number of ether oxygens (including phenoxy) is 1. The Morgan fingerprint density at radius 2 is 2.21 bits per heavy atom. The van der Waals surface area contributed by atoms with Gasteiger partial charge in [0.15, 0.2) is 0 Å². The molecule has 1 atom stereocenters. The van der Waals surface area contributed by atoms with E-state index >= 15 is 0 Å². The van der Waals surface area contributed by atoms with Gasteiger partial charge in [0, 0.05) is 18.2 Å². The summed E-state index contributed by atoms with van der Waals surface area (Å²) in [6.07, 6.45) is 6.18. The number of allylic oxidation sites excluding steroid dienone is 1. The van der Waals surface area contributed by atoms with Crippen molar-refractivity contribution < 1.29 is 9.53 Å². The Balaban J connectivity index is 1.84. The Morgan fingerprint density at radius 3 is 2.96 bits per heavy atom. The van der Waals surface area contributed by atoms with E-state index in [0.717, 1.165) is 48.5 Å². The molecular formula is C18H22N4O2. The van der Waals surface area contributed by atoms with E-state index in [0.29, 0.717) is 0 Å². The van der Waals surface area contributed by atoms with Crippen molar-refractivity contribution in [2.24, 2.45) is 0 Å². The summed E-state index contributed by atoms with van der Waals surface area (Å²) < 4.78 is 5.38. The number of aromatic nitrogens is 3. The highest BCUT2D eigenvalue weighted by molar-refractivity contribution is 5.95. The van der Waals surface area contributed by atoms with E-state index in [1.807, 2.05) is 36.1 Å². The summed E-state index contributed by atoms with van der Waals surface area (Å²) in [6, 6.07) is 7.69. The number of nitrogens with one attached hydrogen (secondary N) is 1. The first-order valence-corrected chi connectivity index (χ1v) is 8.18. The Bertz CT molecular complexity index is 724. The molecule has 1 aliphatic heterocycles. The molecule has 1 amide bonds. The van der Waals surface area contributed by atoms with Crippen LogP contribution in [0.5, 0.6) is 5.75 Å². The van der Waals surface area contributed by atoms with Crippen LogP contribution in [0, 0.1) is 0 Å². The smallest absolute Gasteiger partial charge is 0.247 e. The molecule has 1 aromatic carbocycles. The van der Waals surface area contributed by atoms with Crippen LogP contribution in [0.1, 0.15) is 43.6 Å². The number of carbonyl (C=O) groups excluding carboxylic acids is 1. The Kier molecular flexibility index (Phi) is 4.93. The minimum Gasteiger partial charge on any atom is -0.496 e. The molecule has 126 valence electrons. The van der Waals surface area contributed by atoms with Gasteiger partial charge in [0.1, 0.15) is 17.9 Å². The maximum Gasteiger partial charge on any atom is 0.247 e. The molecule has 6 nitrogen and oxygen atoms in total. The van der Waals surface area contributed by atoms with Gasteiger partial charge in [-0.2, -0.15) is 5.10 Å². The second-order valence-corrected chi connectivity index (χ2v) is 5.94. The third kappa shape index (κ3) is 3.32. The standard InChI is InChI=1S/C18H22N4O2/c1-13(14-7-3-4-9-16(14)24-2)11-17(23)22-10-6-5-8-15(22)18-19-12-20-21-18/h3-4,7,9,11-12,15H,5-6,8,10H2,1-2H3,(H,19,20,21). The van der Waals surface area contributed by atoms with E-state index in [9.17, 15) is 4.79 Å². The van der Waals surface area contributed by atoms with Gasteiger partial charge in [0.2, 0.25) is 5.91 Å². The molecule has 0 bridgehead atoms. The van der Waals surface area contributed by atoms with E-state index in [4.69, 9.17) is 4.74 Å². The number of aromatic amines is 1. The number of para-hydroxylation sites is 1. The lowest BCUT2D eigenvalue weighted by molar-refractivity contribution is -0.129. The molecular weight excluding hydrogens is 304 g/mol. The van der Waals surface area contributed by atoms with Gasteiger partial charge in [-0.3, -0.25) is 9.89 Å². The quantitative estimate of drug-likeness (QED) is 0.877. The fourth-order valence-corrected chi connectivity index (χ4v) is 3.17. The zero-order valence-electron chi connectivity index (χ0n) is 14.0. The lowest BCUT2D eigenvalue weighted by atomic mass is 10.0. The Morgan fingerprint density at radius 1 is 1.38 bits per heavy atom.